The van der Waals surface area contributed by atoms with Crippen molar-refractivity contribution < 1.29 is 0 Å². The molecule has 2 rings (SSSR count). The fourth-order valence-corrected chi connectivity index (χ4v) is 3.41. The third-order valence-corrected chi connectivity index (χ3v) is 4.59. The van der Waals surface area contributed by atoms with Crippen molar-refractivity contribution in [2.45, 2.75) is 25.4 Å². The molecule has 108 valence electrons. The molecule has 1 saturated heterocycles. The number of nitrogens with zero attached hydrogens (tertiary/aromatic N) is 3. The van der Waals surface area contributed by atoms with Crippen LogP contribution in [0, 0.1) is 11.3 Å². The van der Waals surface area contributed by atoms with Crippen LogP contribution in [-0.2, 0) is 0 Å². The molecule has 1 aliphatic heterocycles. The summed E-state index contributed by atoms with van der Waals surface area (Å²) in [4.78, 5) is 4.53. The first kappa shape index (κ1) is 15.6. The Labute approximate surface area is 130 Å². The van der Waals surface area contributed by atoms with E-state index in [1.807, 2.05) is 6.07 Å². The number of hydrogen-bond acceptors (Lipinski definition) is 3. The summed E-state index contributed by atoms with van der Waals surface area (Å²) in [5, 5.41) is 10.8. The van der Waals surface area contributed by atoms with E-state index in [0.29, 0.717) is 16.1 Å². The van der Waals surface area contributed by atoms with Gasteiger partial charge in [-0.15, -0.1) is 0 Å². The highest BCUT2D eigenvalue weighted by Crippen LogP contribution is 2.35. The van der Waals surface area contributed by atoms with Gasteiger partial charge in [0.25, 0.3) is 0 Å². The van der Waals surface area contributed by atoms with E-state index in [9.17, 15) is 5.26 Å². The van der Waals surface area contributed by atoms with Gasteiger partial charge in [0.15, 0.2) is 0 Å². The number of hydrogen-bond donors (Lipinski definition) is 0. The van der Waals surface area contributed by atoms with Crippen LogP contribution in [0.25, 0.3) is 0 Å². The highest BCUT2D eigenvalue weighted by atomic mass is 35.5. The molecule has 0 N–H and O–H groups in total. The Balaban J connectivity index is 2.35. The molecule has 0 spiro atoms. The number of halogens is 2. The van der Waals surface area contributed by atoms with Crippen LogP contribution in [0.4, 0.5) is 0 Å². The predicted molar refractivity (Wildman–Crippen MR) is 83.1 cm³/mol. The van der Waals surface area contributed by atoms with Crippen molar-refractivity contribution in [3.05, 3.63) is 33.8 Å². The molecular weight excluding hydrogens is 293 g/mol. The largest absolute Gasteiger partial charge is 0.304 e. The topological polar surface area (TPSA) is 30.3 Å². The van der Waals surface area contributed by atoms with E-state index in [1.54, 1.807) is 12.1 Å². The lowest BCUT2D eigenvalue weighted by Crippen LogP contribution is -2.52. The number of piperazine rings is 1. The molecule has 0 aliphatic carbocycles. The molecule has 20 heavy (non-hydrogen) atoms. The van der Waals surface area contributed by atoms with E-state index < -0.39 is 0 Å². The molecule has 1 aromatic rings. The molecule has 2 atom stereocenters. The van der Waals surface area contributed by atoms with Crippen LogP contribution < -0.4 is 0 Å². The first-order chi connectivity index (χ1) is 9.58. The summed E-state index contributed by atoms with van der Waals surface area (Å²) in [5.41, 5.74) is 0.737. The van der Waals surface area contributed by atoms with Gasteiger partial charge in [0, 0.05) is 41.3 Å². The summed E-state index contributed by atoms with van der Waals surface area (Å²) in [6, 6.07) is 7.76. The Morgan fingerprint density at radius 3 is 2.55 bits per heavy atom. The monoisotopic (exact) mass is 311 g/mol. The van der Waals surface area contributed by atoms with E-state index in [4.69, 9.17) is 23.2 Å². The van der Waals surface area contributed by atoms with Crippen LogP contribution in [0.1, 0.15) is 24.9 Å². The highest BCUT2D eigenvalue weighted by molar-refractivity contribution is 6.36. The molecule has 0 amide bonds. The SMILES string of the molecule is CCC1CN(C)CCN1C(C#N)c1c(Cl)cccc1Cl. The van der Waals surface area contributed by atoms with Crippen molar-refractivity contribution in [1.29, 1.82) is 5.26 Å². The van der Waals surface area contributed by atoms with E-state index in [1.165, 1.54) is 0 Å². The Hall–Kier alpha value is -0.790. The smallest absolute Gasteiger partial charge is 0.127 e. The average Bonchev–Trinajstić information content (AvgIpc) is 2.43. The van der Waals surface area contributed by atoms with Crippen LogP contribution in [0.15, 0.2) is 18.2 Å². The van der Waals surface area contributed by atoms with Crippen LogP contribution in [0.3, 0.4) is 0 Å². The maximum Gasteiger partial charge on any atom is 0.127 e. The summed E-state index contributed by atoms with van der Waals surface area (Å²) in [5.74, 6) is 0. The minimum atomic E-state index is -0.380. The number of nitriles is 1. The molecule has 2 unspecified atom stereocenters. The molecule has 0 radical (unpaired) electrons. The third-order valence-electron chi connectivity index (χ3n) is 3.93. The Morgan fingerprint density at radius 1 is 1.35 bits per heavy atom. The second-order valence-corrected chi connectivity index (χ2v) is 6.04. The maximum absolute atomic E-state index is 9.64. The Morgan fingerprint density at radius 2 is 2.00 bits per heavy atom. The number of likely N-dealkylation sites (N-methyl/N-ethyl adjacent to an activating group) is 1. The molecular formula is C15H19Cl2N3. The van der Waals surface area contributed by atoms with Crippen molar-refractivity contribution in [2.24, 2.45) is 0 Å². The van der Waals surface area contributed by atoms with Gasteiger partial charge in [-0.05, 0) is 25.6 Å². The minimum absolute atomic E-state index is 0.353. The second-order valence-electron chi connectivity index (χ2n) is 5.23. The molecule has 5 heteroatoms. The summed E-state index contributed by atoms with van der Waals surface area (Å²) >= 11 is 12.5. The maximum atomic E-state index is 9.64. The van der Waals surface area contributed by atoms with Crippen molar-refractivity contribution >= 4 is 23.2 Å². The van der Waals surface area contributed by atoms with Crippen molar-refractivity contribution in [2.75, 3.05) is 26.7 Å². The summed E-state index contributed by atoms with van der Waals surface area (Å²) in [6.07, 6.45) is 1.00. The van der Waals surface area contributed by atoms with Gasteiger partial charge in [-0.2, -0.15) is 5.26 Å². The molecule has 0 bridgehead atoms. The molecule has 0 saturated carbocycles. The summed E-state index contributed by atoms with van der Waals surface area (Å²) in [6.45, 7) is 4.93. The highest BCUT2D eigenvalue weighted by Gasteiger charge is 2.32. The third kappa shape index (κ3) is 3.10. The molecule has 1 aromatic carbocycles. The van der Waals surface area contributed by atoms with Gasteiger partial charge in [0.05, 0.1) is 6.07 Å². The van der Waals surface area contributed by atoms with Crippen molar-refractivity contribution in [1.82, 2.24) is 9.80 Å². The lowest BCUT2D eigenvalue weighted by atomic mass is 10.0. The summed E-state index contributed by atoms with van der Waals surface area (Å²) < 4.78 is 0. The van der Waals surface area contributed by atoms with Gasteiger partial charge in [0.2, 0.25) is 0 Å². The molecule has 1 fully saturated rings. The van der Waals surface area contributed by atoms with E-state index in [0.717, 1.165) is 31.6 Å². The normalized spacial score (nSPS) is 22.4. The molecule has 1 aliphatic rings. The lowest BCUT2D eigenvalue weighted by molar-refractivity contribution is 0.0676. The molecule has 0 aromatic heterocycles. The average molecular weight is 312 g/mol. The van der Waals surface area contributed by atoms with Gasteiger partial charge in [-0.1, -0.05) is 36.2 Å². The number of rotatable bonds is 3. The van der Waals surface area contributed by atoms with Gasteiger partial charge < -0.3 is 4.90 Å². The fraction of sp³-hybridized carbons (Fsp3) is 0.533. The Bertz CT molecular complexity index is 492. The van der Waals surface area contributed by atoms with Gasteiger partial charge in [0.1, 0.15) is 6.04 Å². The fourth-order valence-electron chi connectivity index (χ4n) is 2.80. The second kappa shape index (κ2) is 6.78. The van der Waals surface area contributed by atoms with Crippen molar-refractivity contribution in [3.63, 3.8) is 0 Å². The first-order valence-electron chi connectivity index (χ1n) is 6.86. The van der Waals surface area contributed by atoms with E-state index in [2.05, 4.69) is 29.8 Å². The standard InChI is InChI=1S/C15H19Cl2N3/c1-3-11-10-19(2)7-8-20(11)14(9-18)15-12(16)5-4-6-13(15)17/h4-6,11,14H,3,7-8,10H2,1-2H3. The minimum Gasteiger partial charge on any atom is -0.304 e. The lowest BCUT2D eigenvalue weighted by Gasteiger charge is -2.42. The van der Waals surface area contributed by atoms with Gasteiger partial charge in [-0.25, -0.2) is 0 Å². The first-order valence-corrected chi connectivity index (χ1v) is 7.61. The van der Waals surface area contributed by atoms with Gasteiger partial charge >= 0.3 is 0 Å². The summed E-state index contributed by atoms with van der Waals surface area (Å²) in [7, 11) is 2.11. The zero-order valence-electron chi connectivity index (χ0n) is 11.8. The van der Waals surface area contributed by atoms with Gasteiger partial charge in [-0.3, -0.25) is 4.90 Å². The zero-order valence-corrected chi connectivity index (χ0v) is 13.3. The number of benzene rings is 1. The quantitative estimate of drug-likeness (QED) is 0.854. The van der Waals surface area contributed by atoms with E-state index in [-0.39, 0.29) is 6.04 Å². The van der Waals surface area contributed by atoms with Crippen molar-refractivity contribution in [3.8, 4) is 6.07 Å². The van der Waals surface area contributed by atoms with Crippen LogP contribution in [0.2, 0.25) is 10.0 Å². The van der Waals surface area contributed by atoms with E-state index >= 15 is 0 Å². The van der Waals surface area contributed by atoms with Crippen LogP contribution >= 0.6 is 23.2 Å². The van der Waals surface area contributed by atoms with Crippen LogP contribution in [-0.4, -0.2) is 42.5 Å². The predicted octanol–water partition coefficient (Wildman–Crippen LogP) is 3.58. The zero-order chi connectivity index (χ0) is 14.7. The van der Waals surface area contributed by atoms with Crippen LogP contribution in [0.5, 0.6) is 0 Å². The molecule has 3 nitrogen and oxygen atoms in total. The molecule has 1 heterocycles. The Kier molecular flexibility index (Phi) is 5.29.